The minimum Gasteiger partial charge on any atom is -0.744 e. The van der Waals surface area contributed by atoms with Gasteiger partial charge in [-0.2, -0.15) is 0 Å². The minimum atomic E-state index is -4.43. The molecule has 4 aromatic rings. The molecule has 0 radical (unpaired) electrons. The van der Waals surface area contributed by atoms with E-state index in [0.29, 0.717) is 23.0 Å². The topological polar surface area (TPSA) is 133 Å². The smallest absolute Gasteiger partial charge is 0.744 e. The first-order valence-corrected chi connectivity index (χ1v) is 22.4. The van der Waals surface area contributed by atoms with Gasteiger partial charge in [0.25, 0.3) is 0 Å². The summed E-state index contributed by atoms with van der Waals surface area (Å²) in [6.45, 7) is 4.48. The molecular weight excluding hydrogens is 761 g/mol. The maximum Gasteiger partial charge on any atom is 2.00 e. The van der Waals surface area contributed by atoms with Gasteiger partial charge in [0.1, 0.15) is 43.2 Å². The molecule has 0 amide bonds. The zero-order valence-corrected chi connectivity index (χ0v) is 36.6. The van der Waals surface area contributed by atoms with Crippen LogP contribution in [0.15, 0.2) is 107 Å². The molecule has 296 valence electrons. The van der Waals surface area contributed by atoms with Crippen molar-refractivity contribution in [2.75, 3.05) is 0 Å². The molecule has 0 atom stereocenters. The van der Waals surface area contributed by atoms with Crippen LogP contribution in [0.3, 0.4) is 0 Å². The Balaban J connectivity index is 0.000000373. The second kappa shape index (κ2) is 27.2. The van der Waals surface area contributed by atoms with Crippen molar-refractivity contribution in [2.24, 2.45) is 0 Å². The fourth-order valence-corrected chi connectivity index (χ4v) is 7.01. The molecule has 0 aliphatic carbocycles. The molecule has 0 spiro atoms. The molecule has 0 aliphatic heterocycles. The van der Waals surface area contributed by atoms with Crippen LogP contribution in [0.4, 0.5) is 0 Å². The molecule has 0 unspecified atom stereocenters. The molecule has 0 saturated heterocycles. The third-order valence-corrected chi connectivity index (χ3v) is 10.8. The van der Waals surface area contributed by atoms with Gasteiger partial charge in [-0.25, -0.2) is 16.8 Å². The van der Waals surface area contributed by atoms with Crippen LogP contribution in [0.25, 0.3) is 0 Å². The van der Waals surface area contributed by atoms with Crippen molar-refractivity contribution in [3.63, 3.8) is 0 Å². The third-order valence-electron chi connectivity index (χ3n) is 9.13. The first kappa shape index (κ1) is 48.7. The van der Waals surface area contributed by atoms with Crippen molar-refractivity contribution < 1.29 is 35.4 Å². The maximum atomic E-state index is 11.0. The van der Waals surface area contributed by atoms with Gasteiger partial charge in [0, 0.05) is 0 Å². The summed E-state index contributed by atoms with van der Waals surface area (Å²) in [5, 5.41) is 0. The SMILES string of the molecule is CCCCCCCCCCc1cccc(Oc2ccc(S(=O)(=O)[O-])cc2)c1.CCCCCCCCCCc1cccc(Oc2ccc(S(=O)(=O)[O-])cc2)c1.[Ca+2]. The fourth-order valence-electron chi connectivity index (χ4n) is 6.08. The van der Waals surface area contributed by atoms with E-state index in [1.807, 2.05) is 36.4 Å². The van der Waals surface area contributed by atoms with Gasteiger partial charge in [-0.1, -0.05) is 128 Å². The van der Waals surface area contributed by atoms with Crippen LogP contribution in [0, 0.1) is 0 Å². The van der Waals surface area contributed by atoms with Crippen molar-refractivity contribution in [3.8, 4) is 23.0 Å². The fraction of sp³-hybridized carbons (Fsp3) is 0.455. The Morgan fingerprint density at radius 2 is 0.727 bits per heavy atom. The van der Waals surface area contributed by atoms with Gasteiger partial charge in [-0.3, -0.25) is 0 Å². The second-order valence-corrected chi connectivity index (χ2v) is 16.6. The molecule has 55 heavy (non-hydrogen) atoms. The monoisotopic (exact) mass is 818 g/mol. The summed E-state index contributed by atoms with van der Waals surface area (Å²) < 4.78 is 77.3. The Labute approximate surface area is 361 Å². The molecule has 11 heteroatoms. The zero-order chi connectivity index (χ0) is 39.1. The summed E-state index contributed by atoms with van der Waals surface area (Å²) in [7, 11) is -8.85. The Morgan fingerprint density at radius 3 is 1.04 bits per heavy atom. The van der Waals surface area contributed by atoms with E-state index < -0.39 is 20.2 Å². The Kier molecular flexibility index (Phi) is 24.1. The quantitative estimate of drug-likeness (QED) is 0.0388. The van der Waals surface area contributed by atoms with E-state index in [9.17, 15) is 25.9 Å². The number of benzene rings is 4. The van der Waals surface area contributed by atoms with E-state index in [1.54, 1.807) is 0 Å². The number of unbranched alkanes of at least 4 members (excludes halogenated alkanes) is 14. The van der Waals surface area contributed by atoms with Crippen molar-refractivity contribution in [1.82, 2.24) is 0 Å². The number of ether oxygens (including phenoxy) is 2. The summed E-state index contributed by atoms with van der Waals surface area (Å²) in [5.74, 6) is 2.44. The van der Waals surface area contributed by atoms with E-state index >= 15 is 0 Å². The molecule has 0 aromatic heterocycles. The predicted molar refractivity (Wildman–Crippen MR) is 220 cm³/mol. The van der Waals surface area contributed by atoms with E-state index in [1.165, 1.54) is 162 Å². The Morgan fingerprint density at radius 1 is 0.418 bits per heavy atom. The number of hydrogen-bond acceptors (Lipinski definition) is 8. The number of rotatable bonds is 24. The van der Waals surface area contributed by atoms with Crippen molar-refractivity contribution in [1.29, 1.82) is 0 Å². The van der Waals surface area contributed by atoms with Gasteiger partial charge in [0.2, 0.25) is 0 Å². The van der Waals surface area contributed by atoms with E-state index in [-0.39, 0.29) is 47.5 Å². The predicted octanol–water partition coefficient (Wildman–Crippen LogP) is 11.8. The number of hydrogen-bond donors (Lipinski definition) is 0. The summed E-state index contributed by atoms with van der Waals surface area (Å²) in [5.41, 5.74) is 2.47. The molecule has 0 heterocycles. The van der Waals surface area contributed by atoms with Crippen LogP contribution >= 0.6 is 0 Å². The number of aryl methyl sites for hydroxylation is 2. The summed E-state index contributed by atoms with van der Waals surface area (Å²) >= 11 is 0. The van der Waals surface area contributed by atoms with Gasteiger partial charge in [0.05, 0.1) is 9.79 Å². The summed E-state index contributed by atoms with van der Waals surface area (Å²) in [6.07, 6.45) is 22.9. The zero-order valence-electron chi connectivity index (χ0n) is 32.8. The molecule has 0 N–H and O–H groups in total. The first-order chi connectivity index (χ1) is 26.0. The van der Waals surface area contributed by atoms with Gasteiger partial charge >= 0.3 is 37.7 Å². The maximum absolute atomic E-state index is 11.0. The molecule has 8 nitrogen and oxygen atoms in total. The van der Waals surface area contributed by atoms with Gasteiger partial charge in [0.15, 0.2) is 0 Å². The van der Waals surface area contributed by atoms with E-state index in [4.69, 9.17) is 9.47 Å². The summed E-state index contributed by atoms with van der Waals surface area (Å²) in [6, 6.07) is 26.9. The standard InChI is InChI=1S/2C22H30O4S.Ca/c2*1-2-3-4-5-6-7-8-9-11-19-12-10-13-21(18-19)26-20-14-16-22(17-15-20)27(23,24)25;/h2*10,12-18H,2-9,11H2,1H3,(H,23,24,25);/q;;+2/p-2. The van der Waals surface area contributed by atoms with Crippen LogP contribution in [-0.2, 0) is 33.1 Å². The van der Waals surface area contributed by atoms with Crippen molar-refractivity contribution >= 4 is 58.0 Å². The molecular formula is C44H58CaO8S2. The molecule has 4 rings (SSSR count). The van der Waals surface area contributed by atoms with E-state index in [0.717, 1.165) is 12.8 Å². The van der Waals surface area contributed by atoms with Crippen LogP contribution in [0.2, 0.25) is 0 Å². The average Bonchev–Trinajstić information content (AvgIpc) is 3.14. The largest absolute Gasteiger partial charge is 2.00 e. The Hall–Kier alpha value is -2.44. The molecule has 0 aliphatic rings. The molecule has 0 saturated carbocycles. The molecule has 4 aromatic carbocycles. The van der Waals surface area contributed by atoms with Gasteiger partial charge < -0.3 is 18.6 Å². The van der Waals surface area contributed by atoms with Crippen LogP contribution in [0.5, 0.6) is 23.0 Å². The normalized spacial score (nSPS) is 11.3. The van der Waals surface area contributed by atoms with Gasteiger partial charge in [-0.15, -0.1) is 0 Å². The van der Waals surface area contributed by atoms with Crippen molar-refractivity contribution in [3.05, 3.63) is 108 Å². The average molecular weight is 819 g/mol. The second-order valence-electron chi connectivity index (χ2n) is 13.8. The van der Waals surface area contributed by atoms with E-state index in [2.05, 4.69) is 26.0 Å². The molecule has 0 fully saturated rings. The Bertz CT molecular complexity index is 1710. The third kappa shape index (κ3) is 21.1. The van der Waals surface area contributed by atoms with Crippen molar-refractivity contribution in [2.45, 2.75) is 139 Å². The van der Waals surface area contributed by atoms with Crippen LogP contribution in [0.1, 0.15) is 128 Å². The summed E-state index contributed by atoms with van der Waals surface area (Å²) in [4.78, 5) is -0.503. The first-order valence-electron chi connectivity index (χ1n) is 19.6. The molecule has 0 bridgehead atoms. The van der Waals surface area contributed by atoms with Gasteiger partial charge in [-0.05, 0) is 110 Å². The minimum absolute atomic E-state index is 0. The van der Waals surface area contributed by atoms with Crippen LogP contribution in [-0.4, -0.2) is 63.7 Å². The van der Waals surface area contributed by atoms with Crippen LogP contribution < -0.4 is 9.47 Å².